The van der Waals surface area contributed by atoms with Gasteiger partial charge < -0.3 is 9.47 Å². The molecule has 1 atom stereocenters. The van der Waals surface area contributed by atoms with E-state index in [2.05, 4.69) is 5.10 Å². The molecule has 4 rings (SSSR count). The maximum Gasteiger partial charge on any atom is 0.347 e. The Morgan fingerprint density at radius 2 is 1.76 bits per heavy atom. The molecule has 1 aromatic heterocycles. The standard InChI is InChI=1S/C23H22N2O4/c1-15-3-7-17(8-4-15)13-25-14-19(22(26)29-20-11-12-28-23(20)27)21(24-25)18-9-5-16(2)6-10-18/h3-10,14,20H,11-13H2,1-2H3/t20-/m1/s1. The Morgan fingerprint density at radius 3 is 2.38 bits per heavy atom. The summed E-state index contributed by atoms with van der Waals surface area (Å²) < 4.78 is 12.0. The minimum absolute atomic E-state index is 0.272. The molecule has 0 unspecified atom stereocenters. The first-order valence-corrected chi connectivity index (χ1v) is 9.57. The Hall–Kier alpha value is -3.41. The number of cyclic esters (lactones) is 1. The van der Waals surface area contributed by atoms with Crippen molar-refractivity contribution < 1.29 is 19.1 Å². The molecule has 2 heterocycles. The summed E-state index contributed by atoms with van der Waals surface area (Å²) in [6.45, 7) is 4.84. The van der Waals surface area contributed by atoms with Crippen LogP contribution in [-0.4, -0.2) is 34.4 Å². The van der Waals surface area contributed by atoms with E-state index in [1.807, 2.05) is 62.4 Å². The van der Waals surface area contributed by atoms with Gasteiger partial charge in [-0.2, -0.15) is 5.10 Å². The van der Waals surface area contributed by atoms with E-state index in [-0.39, 0.29) is 6.61 Å². The molecule has 29 heavy (non-hydrogen) atoms. The molecule has 0 spiro atoms. The maximum atomic E-state index is 12.8. The monoisotopic (exact) mass is 390 g/mol. The van der Waals surface area contributed by atoms with Gasteiger partial charge in [-0.25, -0.2) is 9.59 Å². The third-order valence-electron chi connectivity index (χ3n) is 4.91. The summed E-state index contributed by atoms with van der Waals surface area (Å²) in [5.41, 5.74) is 5.06. The van der Waals surface area contributed by atoms with Crippen molar-refractivity contribution >= 4 is 11.9 Å². The van der Waals surface area contributed by atoms with Crippen molar-refractivity contribution in [3.63, 3.8) is 0 Å². The van der Waals surface area contributed by atoms with Gasteiger partial charge in [0.2, 0.25) is 6.10 Å². The van der Waals surface area contributed by atoms with E-state index >= 15 is 0 Å². The fourth-order valence-electron chi connectivity index (χ4n) is 3.23. The highest BCUT2D eigenvalue weighted by Crippen LogP contribution is 2.25. The Labute approximate surface area is 169 Å². The number of ether oxygens (including phenoxy) is 2. The molecule has 0 N–H and O–H groups in total. The molecule has 2 aromatic carbocycles. The number of hydrogen-bond acceptors (Lipinski definition) is 5. The molecule has 0 amide bonds. The van der Waals surface area contributed by atoms with Gasteiger partial charge >= 0.3 is 11.9 Å². The van der Waals surface area contributed by atoms with Crippen LogP contribution in [0, 0.1) is 13.8 Å². The highest BCUT2D eigenvalue weighted by molar-refractivity contribution is 5.97. The van der Waals surface area contributed by atoms with Crippen LogP contribution in [0.2, 0.25) is 0 Å². The molecule has 0 saturated carbocycles. The Kier molecular flexibility index (Phi) is 5.16. The van der Waals surface area contributed by atoms with Crippen LogP contribution >= 0.6 is 0 Å². The van der Waals surface area contributed by atoms with Crippen LogP contribution < -0.4 is 0 Å². The smallest absolute Gasteiger partial charge is 0.347 e. The number of carbonyl (C=O) groups is 2. The zero-order valence-electron chi connectivity index (χ0n) is 16.4. The lowest BCUT2D eigenvalue weighted by molar-refractivity contribution is -0.145. The van der Waals surface area contributed by atoms with E-state index in [0.29, 0.717) is 24.2 Å². The molecule has 1 aliphatic heterocycles. The molecule has 0 radical (unpaired) electrons. The summed E-state index contributed by atoms with van der Waals surface area (Å²) in [4.78, 5) is 24.5. The summed E-state index contributed by atoms with van der Waals surface area (Å²) >= 11 is 0. The van der Waals surface area contributed by atoms with Crippen molar-refractivity contribution in [3.8, 4) is 11.3 Å². The second-order valence-corrected chi connectivity index (χ2v) is 7.29. The van der Waals surface area contributed by atoms with Gasteiger partial charge in [0, 0.05) is 18.2 Å². The van der Waals surface area contributed by atoms with Crippen LogP contribution in [0.1, 0.15) is 33.5 Å². The summed E-state index contributed by atoms with van der Waals surface area (Å²) in [5, 5.41) is 4.64. The van der Waals surface area contributed by atoms with Gasteiger partial charge in [0.25, 0.3) is 0 Å². The van der Waals surface area contributed by atoms with E-state index in [0.717, 1.165) is 16.7 Å². The minimum atomic E-state index is -0.853. The first-order chi connectivity index (χ1) is 14.0. The van der Waals surface area contributed by atoms with Crippen LogP contribution in [0.3, 0.4) is 0 Å². The molecule has 3 aromatic rings. The number of carbonyl (C=O) groups excluding carboxylic acids is 2. The van der Waals surface area contributed by atoms with Crippen molar-refractivity contribution in [1.82, 2.24) is 9.78 Å². The topological polar surface area (TPSA) is 70.4 Å². The summed E-state index contributed by atoms with van der Waals surface area (Å²) in [7, 11) is 0. The fraction of sp³-hybridized carbons (Fsp3) is 0.261. The van der Waals surface area contributed by atoms with Gasteiger partial charge in [0.15, 0.2) is 0 Å². The average molecular weight is 390 g/mol. The van der Waals surface area contributed by atoms with E-state index in [1.54, 1.807) is 10.9 Å². The van der Waals surface area contributed by atoms with Crippen LogP contribution in [0.4, 0.5) is 0 Å². The molecule has 1 aliphatic rings. The summed E-state index contributed by atoms with van der Waals surface area (Å²) in [6, 6.07) is 15.9. The molecule has 0 aliphatic carbocycles. The van der Waals surface area contributed by atoms with Crippen LogP contribution in [0.15, 0.2) is 54.7 Å². The van der Waals surface area contributed by atoms with Gasteiger partial charge in [-0.05, 0) is 19.4 Å². The fourth-order valence-corrected chi connectivity index (χ4v) is 3.23. The van der Waals surface area contributed by atoms with E-state index in [9.17, 15) is 9.59 Å². The van der Waals surface area contributed by atoms with Gasteiger partial charge in [-0.3, -0.25) is 4.68 Å². The number of nitrogens with zero attached hydrogens (tertiary/aromatic N) is 2. The lowest BCUT2D eigenvalue weighted by atomic mass is 10.1. The molecule has 1 saturated heterocycles. The van der Waals surface area contributed by atoms with Crippen molar-refractivity contribution in [1.29, 1.82) is 0 Å². The molecule has 148 valence electrons. The van der Waals surface area contributed by atoms with Crippen molar-refractivity contribution in [3.05, 3.63) is 77.0 Å². The lowest BCUT2D eigenvalue weighted by Gasteiger charge is -2.08. The third kappa shape index (κ3) is 4.21. The first kappa shape index (κ1) is 18.9. The zero-order chi connectivity index (χ0) is 20.4. The van der Waals surface area contributed by atoms with Crippen LogP contribution in [-0.2, 0) is 20.8 Å². The Morgan fingerprint density at radius 1 is 1.10 bits per heavy atom. The average Bonchev–Trinajstić information content (AvgIpc) is 3.31. The van der Waals surface area contributed by atoms with Crippen LogP contribution in [0.5, 0.6) is 0 Å². The molecular weight excluding hydrogens is 368 g/mol. The zero-order valence-corrected chi connectivity index (χ0v) is 16.4. The van der Waals surface area contributed by atoms with Gasteiger partial charge in [0.05, 0.1) is 13.2 Å². The number of aryl methyl sites for hydroxylation is 2. The number of esters is 2. The summed E-state index contributed by atoms with van der Waals surface area (Å²) in [6.07, 6.45) is 1.20. The van der Waals surface area contributed by atoms with E-state index < -0.39 is 18.0 Å². The first-order valence-electron chi connectivity index (χ1n) is 9.57. The molecular formula is C23H22N2O4. The maximum absolute atomic E-state index is 12.8. The SMILES string of the molecule is Cc1ccc(Cn2cc(C(=O)O[C@@H]3CCOC3=O)c(-c3ccc(C)cc3)n2)cc1. The molecule has 6 heteroatoms. The van der Waals surface area contributed by atoms with Crippen molar-refractivity contribution in [2.45, 2.75) is 32.9 Å². The quantitative estimate of drug-likeness (QED) is 0.622. The second-order valence-electron chi connectivity index (χ2n) is 7.29. The van der Waals surface area contributed by atoms with E-state index in [1.165, 1.54) is 5.56 Å². The number of benzene rings is 2. The van der Waals surface area contributed by atoms with Crippen molar-refractivity contribution in [2.24, 2.45) is 0 Å². The van der Waals surface area contributed by atoms with Gasteiger partial charge in [0.1, 0.15) is 11.3 Å². The predicted molar refractivity (Wildman–Crippen MR) is 107 cm³/mol. The number of hydrogen-bond donors (Lipinski definition) is 0. The van der Waals surface area contributed by atoms with Crippen LogP contribution in [0.25, 0.3) is 11.3 Å². The predicted octanol–water partition coefficient (Wildman–Crippen LogP) is 3.69. The summed E-state index contributed by atoms with van der Waals surface area (Å²) in [5.74, 6) is -1.07. The Balaban J connectivity index is 1.66. The normalized spacial score (nSPS) is 15.9. The van der Waals surface area contributed by atoms with Gasteiger partial charge in [-0.1, -0.05) is 59.7 Å². The largest absolute Gasteiger partial charge is 0.463 e. The molecule has 6 nitrogen and oxygen atoms in total. The van der Waals surface area contributed by atoms with Crippen molar-refractivity contribution in [2.75, 3.05) is 6.61 Å². The Bertz CT molecular complexity index is 1040. The van der Waals surface area contributed by atoms with E-state index in [4.69, 9.17) is 9.47 Å². The second kappa shape index (κ2) is 7.91. The minimum Gasteiger partial charge on any atom is -0.463 e. The highest BCUT2D eigenvalue weighted by atomic mass is 16.6. The molecule has 0 bridgehead atoms. The van der Waals surface area contributed by atoms with Gasteiger partial charge in [-0.15, -0.1) is 0 Å². The molecule has 1 fully saturated rings. The lowest BCUT2D eigenvalue weighted by Crippen LogP contribution is -2.22. The number of aromatic nitrogens is 2. The third-order valence-corrected chi connectivity index (χ3v) is 4.91. The highest BCUT2D eigenvalue weighted by Gasteiger charge is 2.32. The number of rotatable bonds is 5.